The smallest absolute Gasteiger partial charge is 0.229 e. The Morgan fingerprint density at radius 3 is 2.08 bits per heavy atom. The molecule has 0 radical (unpaired) electrons. The molecule has 53 heavy (non-hydrogen) atoms. The molecule has 2 aliphatic rings. The minimum absolute atomic E-state index is 0.0936. The lowest BCUT2D eigenvalue weighted by atomic mass is 9.77. The fourth-order valence-corrected chi connectivity index (χ4v) is 8.06. The number of rotatable bonds is 14. The molecule has 4 aromatic carbocycles. The van der Waals surface area contributed by atoms with Crippen LogP contribution in [-0.2, 0) is 24.3 Å². The standard InChI is InChI=1S/C42H47F2N5O4/c1-51-37-24-31(25-38(52-2)39(37)53-3)27-47-23-19-42(41(47)50,26-29-8-12-33(43)13-9-29)18-20-45-48-21-16-32(17-22-48)40-46-35-6-4-5-7-36(35)49(40)28-30-10-14-34(44)15-11-30/h4-15,24-25,32,45H,16-23,26-28H2,1-3H3. The van der Waals surface area contributed by atoms with Crippen molar-refractivity contribution in [2.24, 2.45) is 5.41 Å². The van der Waals surface area contributed by atoms with Gasteiger partial charge in [-0.2, -0.15) is 0 Å². The molecule has 1 amide bonds. The summed E-state index contributed by atoms with van der Waals surface area (Å²) >= 11 is 0. The van der Waals surface area contributed by atoms with E-state index in [1.807, 2.05) is 41.3 Å². The number of likely N-dealkylation sites (tertiary alicyclic amines) is 1. The Bertz CT molecular complexity index is 2000. The van der Waals surface area contributed by atoms with E-state index in [9.17, 15) is 13.6 Å². The van der Waals surface area contributed by atoms with Crippen molar-refractivity contribution >= 4 is 16.9 Å². The van der Waals surface area contributed by atoms with Crippen LogP contribution in [0.3, 0.4) is 0 Å². The highest BCUT2D eigenvalue weighted by atomic mass is 19.1. The third-order valence-electron chi connectivity index (χ3n) is 10.9. The first kappa shape index (κ1) is 36.4. The Kier molecular flexibility index (Phi) is 10.9. The Hall–Kier alpha value is -5.00. The predicted molar refractivity (Wildman–Crippen MR) is 200 cm³/mol. The van der Waals surface area contributed by atoms with Crippen LogP contribution in [0, 0.1) is 17.0 Å². The van der Waals surface area contributed by atoms with Gasteiger partial charge >= 0.3 is 0 Å². The first-order chi connectivity index (χ1) is 25.8. The number of hydrogen-bond donors (Lipinski definition) is 1. The first-order valence-corrected chi connectivity index (χ1v) is 18.3. The fourth-order valence-electron chi connectivity index (χ4n) is 8.06. The number of nitrogens with zero attached hydrogens (tertiary/aromatic N) is 4. The molecule has 2 fully saturated rings. The van der Waals surface area contributed by atoms with E-state index in [1.165, 1.54) is 24.3 Å². The Morgan fingerprint density at radius 2 is 1.43 bits per heavy atom. The van der Waals surface area contributed by atoms with Gasteiger partial charge in [0.05, 0.1) is 37.8 Å². The van der Waals surface area contributed by atoms with Gasteiger partial charge in [-0.15, -0.1) is 0 Å². The molecule has 1 atom stereocenters. The summed E-state index contributed by atoms with van der Waals surface area (Å²) in [5, 5.41) is 2.27. The van der Waals surface area contributed by atoms with Gasteiger partial charge in [0, 0.05) is 45.2 Å². The summed E-state index contributed by atoms with van der Waals surface area (Å²) in [5.74, 6) is 2.51. The molecule has 2 aliphatic heterocycles. The quantitative estimate of drug-likeness (QED) is 0.131. The number of nitrogens with one attached hydrogen (secondary N) is 1. The number of fused-ring (bicyclic) bond motifs is 1. The van der Waals surface area contributed by atoms with Gasteiger partial charge in [0.25, 0.3) is 0 Å². The summed E-state index contributed by atoms with van der Waals surface area (Å²) in [6.07, 6.45) is 3.74. The molecule has 11 heteroatoms. The third-order valence-corrected chi connectivity index (χ3v) is 10.9. The molecule has 278 valence electrons. The maximum atomic E-state index is 14.4. The van der Waals surface area contributed by atoms with Crippen molar-refractivity contribution in [3.8, 4) is 17.2 Å². The van der Waals surface area contributed by atoms with Crippen LogP contribution in [0.25, 0.3) is 11.0 Å². The van der Waals surface area contributed by atoms with E-state index in [0.717, 1.165) is 59.5 Å². The molecule has 5 aromatic rings. The number of piperidine rings is 1. The van der Waals surface area contributed by atoms with Crippen molar-refractivity contribution in [3.63, 3.8) is 0 Å². The summed E-state index contributed by atoms with van der Waals surface area (Å²) in [6, 6.07) is 25.2. The van der Waals surface area contributed by atoms with Gasteiger partial charge in [-0.1, -0.05) is 36.4 Å². The lowest BCUT2D eigenvalue weighted by Crippen LogP contribution is -2.46. The summed E-state index contributed by atoms with van der Waals surface area (Å²) in [5.41, 5.74) is 7.93. The maximum absolute atomic E-state index is 14.4. The van der Waals surface area contributed by atoms with Crippen LogP contribution in [-0.4, -0.2) is 72.9 Å². The number of hydrazine groups is 1. The highest BCUT2D eigenvalue weighted by Crippen LogP contribution is 2.42. The van der Waals surface area contributed by atoms with Gasteiger partial charge in [-0.25, -0.2) is 18.8 Å². The largest absolute Gasteiger partial charge is 0.493 e. The second-order valence-corrected chi connectivity index (χ2v) is 14.2. The van der Waals surface area contributed by atoms with Crippen molar-refractivity contribution in [1.29, 1.82) is 0 Å². The highest BCUT2D eigenvalue weighted by molar-refractivity contribution is 5.85. The average Bonchev–Trinajstić information content (AvgIpc) is 3.69. The zero-order chi connectivity index (χ0) is 37.0. The van der Waals surface area contributed by atoms with Gasteiger partial charge in [0.15, 0.2) is 11.5 Å². The number of ether oxygens (including phenoxy) is 3. The Balaban J connectivity index is 1.02. The molecule has 9 nitrogen and oxygen atoms in total. The van der Waals surface area contributed by atoms with Crippen molar-refractivity contribution in [3.05, 3.63) is 119 Å². The number of benzene rings is 4. The number of carbonyl (C=O) groups excluding carboxylic acids is 1. The number of hydrogen-bond acceptors (Lipinski definition) is 7. The zero-order valence-corrected chi connectivity index (χ0v) is 30.6. The molecule has 0 spiro atoms. The molecule has 2 saturated heterocycles. The van der Waals surface area contributed by atoms with E-state index in [-0.39, 0.29) is 23.5 Å². The first-order valence-electron chi connectivity index (χ1n) is 18.3. The second kappa shape index (κ2) is 15.9. The molecule has 0 saturated carbocycles. The van der Waals surface area contributed by atoms with Crippen molar-refractivity contribution < 1.29 is 27.8 Å². The number of aromatic nitrogens is 2. The zero-order valence-electron chi connectivity index (χ0n) is 30.6. The minimum Gasteiger partial charge on any atom is -0.493 e. The number of halogens is 2. The summed E-state index contributed by atoms with van der Waals surface area (Å²) in [7, 11) is 4.73. The third kappa shape index (κ3) is 7.87. The van der Waals surface area contributed by atoms with Crippen LogP contribution in [0.15, 0.2) is 84.9 Å². The van der Waals surface area contributed by atoms with Crippen molar-refractivity contribution in [2.45, 2.75) is 51.1 Å². The molecule has 0 bridgehead atoms. The van der Waals surface area contributed by atoms with Gasteiger partial charge in [-0.3, -0.25) is 10.2 Å². The van der Waals surface area contributed by atoms with Gasteiger partial charge < -0.3 is 23.7 Å². The predicted octanol–water partition coefficient (Wildman–Crippen LogP) is 7.12. The van der Waals surface area contributed by atoms with Gasteiger partial charge in [0.1, 0.15) is 17.5 Å². The molecular formula is C42H47F2N5O4. The summed E-state index contributed by atoms with van der Waals surface area (Å²) in [4.78, 5) is 21.4. The van der Waals surface area contributed by atoms with Crippen LogP contribution < -0.4 is 19.6 Å². The highest BCUT2D eigenvalue weighted by Gasteiger charge is 2.46. The monoisotopic (exact) mass is 723 g/mol. The van der Waals surface area contributed by atoms with E-state index in [1.54, 1.807) is 33.5 Å². The lowest BCUT2D eigenvalue weighted by molar-refractivity contribution is -0.137. The molecule has 7 rings (SSSR count). The van der Waals surface area contributed by atoms with E-state index in [0.29, 0.717) is 62.7 Å². The van der Waals surface area contributed by atoms with Crippen LogP contribution in [0.4, 0.5) is 8.78 Å². The number of imidazole rings is 1. The normalized spacial score (nSPS) is 18.2. The Labute approximate surface area is 309 Å². The number of carbonyl (C=O) groups is 1. The summed E-state index contributed by atoms with van der Waals surface area (Å²) < 4.78 is 46.4. The van der Waals surface area contributed by atoms with E-state index in [4.69, 9.17) is 19.2 Å². The molecular weight excluding hydrogens is 676 g/mol. The Morgan fingerprint density at radius 1 is 0.792 bits per heavy atom. The molecule has 3 heterocycles. The van der Waals surface area contributed by atoms with E-state index >= 15 is 0 Å². The van der Waals surface area contributed by atoms with Crippen molar-refractivity contribution in [1.82, 2.24) is 24.9 Å². The number of amides is 1. The van der Waals surface area contributed by atoms with Crippen LogP contribution in [0.2, 0.25) is 0 Å². The SMILES string of the molecule is COc1cc(CN2CCC(CCNN3CCC(c4nc5ccccc5n4Cc4ccc(F)cc4)CC3)(Cc3ccc(F)cc3)C2=O)cc(OC)c1OC. The van der Waals surface area contributed by atoms with Crippen LogP contribution >= 0.6 is 0 Å². The van der Waals surface area contributed by atoms with Crippen molar-refractivity contribution in [2.75, 3.05) is 47.5 Å². The topological polar surface area (TPSA) is 81.1 Å². The van der Waals surface area contributed by atoms with Crippen LogP contribution in [0.5, 0.6) is 17.2 Å². The van der Waals surface area contributed by atoms with Gasteiger partial charge in [-0.05, 0) is 97.3 Å². The number of para-hydroxylation sites is 2. The summed E-state index contributed by atoms with van der Waals surface area (Å²) in [6.45, 7) is 3.98. The lowest BCUT2D eigenvalue weighted by Gasteiger charge is -2.34. The molecule has 0 aliphatic carbocycles. The molecule has 1 unspecified atom stereocenters. The van der Waals surface area contributed by atoms with Crippen LogP contribution in [0.1, 0.15) is 54.1 Å². The fraction of sp³-hybridized carbons (Fsp3) is 0.381. The molecule has 1 N–H and O–H groups in total. The minimum atomic E-state index is -0.630. The van der Waals surface area contributed by atoms with E-state index in [2.05, 4.69) is 27.1 Å². The number of methoxy groups -OCH3 is 3. The van der Waals surface area contributed by atoms with Gasteiger partial charge in [0.2, 0.25) is 11.7 Å². The second-order valence-electron chi connectivity index (χ2n) is 14.2. The van der Waals surface area contributed by atoms with E-state index < -0.39 is 5.41 Å². The average molecular weight is 724 g/mol. The maximum Gasteiger partial charge on any atom is 0.229 e. The molecule has 1 aromatic heterocycles.